The molecule has 2 aromatic rings. The monoisotopic (exact) mass is 163 g/mol. The zero-order valence-electron chi connectivity index (χ0n) is 5.60. The first-order valence-electron chi connectivity index (χ1n) is 3.14. The van der Waals surface area contributed by atoms with E-state index >= 15 is 0 Å². The first kappa shape index (κ1) is 6.54. The number of fused-ring (bicyclic) bond motifs is 1. The highest BCUT2D eigenvalue weighted by molar-refractivity contribution is 7.80. The van der Waals surface area contributed by atoms with Crippen LogP contribution in [0.5, 0.6) is 0 Å². The van der Waals surface area contributed by atoms with Crippen LogP contribution in [0.15, 0.2) is 29.3 Å². The third-order valence-corrected chi connectivity index (χ3v) is 1.80. The summed E-state index contributed by atoms with van der Waals surface area (Å²) < 4.78 is 0. The standard InChI is InChI=1S/C7H5N3S/c11-6-3-1-2-5-4-8-10-9-7(5)6/h1-4,11H. The van der Waals surface area contributed by atoms with Crippen LogP contribution in [0.3, 0.4) is 0 Å². The van der Waals surface area contributed by atoms with Crippen molar-refractivity contribution < 1.29 is 0 Å². The van der Waals surface area contributed by atoms with Crippen molar-refractivity contribution in [3.63, 3.8) is 0 Å². The average molecular weight is 163 g/mol. The van der Waals surface area contributed by atoms with Crippen LogP contribution in [-0.2, 0) is 0 Å². The smallest absolute Gasteiger partial charge is 0.110 e. The molecule has 54 valence electrons. The maximum Gasteiger partial charge on any atom is 0.110 e. The van der Waals surface area contributed by atoms with Crippen LogP contribution in [0.2, 0.25) is 0 Å². The minimum Gasteiger partial charge on any atom is -0.141 e. The lowest BCUT2D eigenvalue weighted by Gasteiger charge is -1.95. The fourth-order valence-electron chi connectivity index (χ4n) is 0.920. The largest absolute Gasteiger partial charge is 0.141 e. The molecule has 4 heteroatoms. The average Bonchev–Trinajstić information content (AvgIpc) is 2.06. The lowest BCUT2D eigenvalue weighted by atomic mass is 10.2. The van der Waals surface area contributed by atoms with E-state index in [0.717, 1.165) is 15.8 Å². The van der Waals surface area contributed by atoms with Gasteiger partial charge in [-0.25, -0.2) is 0 Å². The normalized spacial score (nSPS) is 10.3. The summed E-state index contributed by atoms with van der Waals surface area (Å²) in [5, 5.41) is 12.0. The Morgan fingerprint density at radius 3 is 3.00 bits per heavy atom. The van der Waals surface area contributed by atoms with Gasteiger partial charge in [0.1, 0.15) is 5.52 Å². The number of aromatic nitrogens is 3. The van der Waals surface area contributed by atoms with Gasteiger partial charge in [0.05, 0.1) is 6.20 Å². The molecule has 0 bridgehead atoms. The van der Waals surface area contributed by atoms with E-state index in [9.17, 15) is 0 Å². The fraction of sp³-hybridized carbons (Fsp3) is 0. The van der Waals surface area contributed by atoms with Gasteiger partial charge < -0.3 is 0 Å². The Bertz CT molecular complexity index is 383. The molecule has 0 radical (unpaired) electrons. The second-order valence-electron chi connectivity index (χ2n) is 2.15. The second-order valence-corrected chi connectivity index (χ2v) is 2.63. The molecule has 0 spiro atoms. The van der Waals surface area contributed by atoms with Crippen LogP contribution in [-0.4, -0.2) is 15.4 Å². The molecular formula is C7H5N3S. The number of benzene rings is 1. The molecule has 0 aliphatic rings. The molecule has 0 aliphatic carbocycles. The number of thiol groups is 1. The number of nitrogens with zero attached hydrogens (tertiary/aromatic N) is 3. The van der Waals surface area contributed by atoms with Crippen molar-refractivity contribution in [2.24, 2.45) is 0 Å². The molecule has 1 aromatic carbocycles. The molecule has 0 amide bonds. The predicted molar refractivity (Wildman–Crippen MR) is 44.6 cm³/mol. The molecule has 0 saturated heterocycles. The third kappa shape index (κ3) is 1.05. The Hall–Kier alpha value is -1.16. The highest BCUT2D eigenvalue weighted by Gasteiger charge is 1.96. The van der Waals surface area contributed by atoms with Gasteiger partial charge in [-0.05, 0) is 11.3 Å². The van der Waals surface area contributed by atoms with E-state index in [0.29, 0.717) is 0 Å². The van der Waals surface area contributed by atoms with Crippen LogP contribution in [0.4, 0.5) is 0 Å². The zero-order valence-corrected chi connectivity index (χ0v) is 6.49. The van der Waals surface area contributed by atoms with E-state index in [-0.39, 0.29) is 0 Å². The van der Waals surface area contributed by atoms with Gasteiger partial charge >= 0.3 is 0 Å². The van der Waals surface area contributed by atoms with E-state index in [2.05, 4.69) is 28.0 Å². The van der Waals surface area contributed by atoms with Crippen LogP contribution in [0.1, 0.15) is 0 Å². The molecule has 0 atom stereocenters. The summed E-state index contributed by atoms with van der Waals surface area (Å²) in [6.45, 7) is 0. The minimum absolute atomic E-state index is 0.797. The van der Waals surface area contributed by atoms with Gasteiger partial charge in [-0.1, -0.05) is 12.1 Å². The van der Waals surface area contributed by atoms with Crippen LogP contribution in [0, 0.1) is 0 Å². The van der Waals surface area contributed by atoms with Crippen molar-refractivity contribution in [3.8, 4) is 0 Å². The first-order valence-corrected chi connectivity index (χ1v) is 3.59. The molecule has 0 unspecified atom stereocenters. The van der Waals surface area contributed by atoms with Crippen molar-refractivity contribution in [1.82, 2.24) is 15.4 Å². The molecular weight excluding hydrogens is 158 g/mol. The van der Waals surface area contributed by atoms with Gasteiger partial charge in [0.25, 0.3) is 0 Å². The summed E-state index contributed by atoms with van der Waals surface area (Å²) in [6.07, 6.45) is 1.67. The highest BCUT2D eigenvalue weighted by atomic mass is 32.1. The Balaban J connectivity index is 2.91. The van der Waals surface area contributed by atoms with Crippen LogP contribution in [0.25, 0.3) is 10.9 Å². The molecule has 0 N–H and O–H groups in total. The molecule has 0 fully saturated rings. The van der Waals surface area contributed by atoms with Crippen molar-refractivity contribution in [1.29, 1.82) is 0 Å². The fourth-order valence-corrected chi connectivity index (χ4v) is 1.18. The number of hydrogen-bond donors (Lipinski definition) is 1. The van der Waals surface area contributed by atoms with E-state index in [1.807, 2.05) is 18.2 Å². The van der Waals surface area contributed by atoms with Crippen LogP contribution < -0.4 is 0 Å². The second kappa shape index (κ2) is 2.47. The van der Waals surface area contributed by atoms with Gasteiger partial charge in [-0.15, -0.1) is 22.8 Å². The summed E-state index contributed by atoms with van der Waals surface area (Å²) in [6, 6.07) is 5.71. The van der Waals surface area contributed by atoms with Gasteiger partial charge in [0, 0.05) is 10.3 Å². The van der Waals surface area contributed by atoms with Crippen molar-refractivity contribution in [3.05, 3.63) is 24.4 Å². The Morgan fingerprint density at radius 1 is 1.27 bits per heavy atom. The van der Waals surface area contributed by atoms with Crippen LogP contribution >= 0.6 is 12.6 Å². The molecule has 3 nitrogen and oxygen atoms in total. The first-order chi connectivity index (χ1) is 5.38. The molecule has 1 aromatic heterocycles. The SMILES string of the molecule is Sc1cccc2cnnnc12. The lowest BCUT2D eigenvalue weighted by molar-refractivity contribution is 0.890. The number of hydrogen-bond acceptors (Lipinski definition) is 4. The molecule has 0 saturated carbocycles. The van der Waals surface area contributed by atoms with Crippen molar-refractivity contribution >= 4 is 23.5 Å². The Labute approximate surface area is 68.9 Å². The Morgan fingerprint density at radius 2 is 2.18 bits per heavy atom. The molecule has 1 heterocycles. The van der Waals surface area contributed by atoms with Gasteiger partial charge in [0.2, 0.25) is 0 Å². The quantitative estimate of drug-likeness (QED) is 0.595. The molecule has 0 aliphatic heterocycles. The Kier molecular flexibility index (Phi) is 1.47. The van der Waals surface area contributed by atoms with E-state index in [1.165, 1.54) is 0 Å². The topological polar surface area (TPSA) is 38.7 Å². The third-order valence-electron chi connectivity index (χ3n) is 1.44. The van der Waals surface area contributed by atoms with Crippen molar-refractivity contribution in [2.45, 2.75) is 4.90 Å². The van der Waals surface area contributed by atoms with Crippen molar-refractivity contribution in [2.75, 3.05) is 0 Å². The summed E-state index contributed by atoms with van der Waals surface area (Å²) in [7, 11) is 0. The lowest BCUT2D eigenvalue weighted by Crippen LogP contribution is -1.87. The molecule has 2 rings (SSSR count). The van der Waals surface area contributed by atoms with E-state index in [1.54, 1.807) is 6.20 Å². The summed E-state index contributed by atoms with van der Waals surface area (Å²) >= 11 is 4.22. The summed E-state index contributed by atoms with van der Waals surface area (Å²) in [4.78, 5) is 0.831. The zero-order chi connectivity index (χ0) is 7.68. The predicted octanol–water partition coefficient (Wildman–Crippen LogP) is 1.31. The maximum absolute atomic E-state index is 4.22. The van der Waals surface area contributed by atoms with Gasteiger partial charge in [-0.2, -0.15) is 0 Å². The number of rotatable bonds is 0. The summed E-state index contributed by atoms with van der Waals surface area (Å²) in [5.74, 6) is 0. The van der Waals surface area contributed by atoms with E-state index in [4.69, 9.17) is 0 Å². The minimum atomic E-state index is 0.797. The molecule has 11 heavy (non-hydrogen) atoms. The maximum atomic E-state index is 4.22. The van der Waals surface area contributed by atoms with Gasteiger partial charge in [-0.3, -0.25) is 0 Å². The van der Waals surface area contributed by atoms with E-state index < -0.39 is 0 Å². The van der Waals surface area contributed by atoms with Gasteiger partial charge in [0.15, 0.2) is 0 Å². The summed E-state index contributed by atoms with van der Waals surface area (Å²) in [5.41, 5.74) is 0.797. The highest BCUT2D eigenvalue weighted by Crippen LogP contribution is 2.16.